The first-order valence-electron chi connectivity index (χ1n) is 7.35. The van der Waals surface area contributed by atoms with Gasteiger partial charge in [-0.2, -0.15) is 5.10 Å². The third-order valence-corrected chi connectivity index (χ3v) is 3.89. The van der Waals surface area contributed by atoms with Crippen LogP contribution in [0.4, 0.5) is 0 Å². The monoisotopic (exact) mass is 349 g/mol. The molecule has 0 saturated carbocycles. The van der Waals surface area contributed by atoms with E-state index in [2.05, 4.69) is 39.9 Å². The van der Waals surface area contributed by atoms with E-state index in [1.54, 1.807) is 0 Å². The quantitative estimate of drug-likeness (QED) is 0.713. The third-order valence-electron chi connectivity index (χ3n) is 3.36. The summed E-state index contributed by atoms with van der Waals surface area (Å²) < 4.78 is 2.93. The van der Waals surface area contributed by atoms with Crippen LogP contribution in [0.2, 0.25) is 0 Å². The standard InChI is InChI=1S/C16H20BrN3O/c1-3-15-18-16(4-2)20(19-15)11-5-6-14(21)12-7-9-13(17)10-8-12/h7-10H,3-6,11H2,1-2H3. The van der Waals surface area contributed by atoms with Crippen molar-refractivity contribution < 1.29 is 4.79 Å². The number of aryl methyl sites for hydroxylation is 3. The molecule has 0 unspecified atom stereocenters. The number of Topliss-reactive ketones (excluding diaryl/α,β-unsaturated/α-hetero) is 1. The largest absolute Gasteiger partial charge is 0.294 e. The highest BCUT2D eigenvalue weighted by molar-refractivity contribution is 9.10. The molecule has 5 heteroatoms. The van der Waals surface area contributed by atoms with Gasteiger partial charge in [0.2, 0.25) is 0 Å². The number of halogens is 1. The molecule has 0 N–H and O–H groups in total. The van der Waals surface area contributed by atoms with E-state index >= 15 is 0 Å². The summed E-state index contributed by atoms with van der Waals surface area (Å²) in [5, 5.41) is 4.47. The molecular formula is C16H20BrN3O. The van der Waals surface area contributed by atoms with E-state index in [1.165, 1.54) is 0 Å². The summed E-state index contributed by atoms with van der Waals surface area (Å²) in [5.41, 5.74) is 0.766. The fraction of sp³-hybridized carbons (Fsp3) is 0.438. The topological polar surface area (TPSA) is 47.8 Å². The zero-order valence-electron chi connectivity index (χ0n) is 12.5. The molecule has 0 aliphatic rings. The second-order valence-corrected chi connectivity index (χ2v) is 5.82. The Morgan fingerprint density at radius 3 is 2.52 bits per heavy atom. The lowest BCUT2D eigenvalue weighted by Crippen LogP contribution is -2.07. The Kier molecular flexibility index (Phi) is 5.67. The van der Waals surface area contributed by atoms with E-state index in [0.29, 0.717) is 6.42 Å². The fourth-order valence-electron chi connectivity index (χ4n) is 2.19. The van der Waals surface area contributed by atoms with Crippen LogP contribution >= 0.6 is 15.9 Å². The lowest BCUT2D eigenvalue weighted by molar-refractivity contribution is 0.0978. The van der Waals surface area contributed by atoms with Crippen LogP contribution in [0.25, 0.3) is 0 Å². The molecule has 2 aromatic rings. The average molecular weight is 350 g/mol. The van der Waals surface area contributed by atoms with E-state index in [9.17, 15) is 4.79 Å². The van der Waals surface area contributed by atoms with Crippen LogP contribution in [0.5, 0.6) is 0 Å². The Morgan fingerprint density at radius 1 is 1.19 bits per heavy atom. The van der Waals surface area contributed by atoms with Crippen molar-refractivity contribution >= 4 is 21.7 Å². The van der Waals surface area contributed by atoms with E-state index in [0.717, 1.165) is 47.5 Å². The molecule has 1 aromatic carbocycles. The third kappa shape index (κ3) is 4.24. The summed E-state index contributed by atoms with van der Waals surface area (Å²) in [6, 6.07) is 7.50. The first-order valence-corrected chi connectivity index (χ1v) is 8.14. The molecule has 1 heterocycles. The summed E-state index contributed by atoms with van der Waals surface area (Å²) in [6.07, 6.45) is 3.03. The molecule has 21 heavy (non-hydrogen) atoms. The van der Waals surface area contributed by atoms with Crippen molar-refractivity contribution in [3.05, 3.63) is 46.0 Å². The van der Waals surface area contributed by atoms with Gasteiger partial charge in [-0.25, -0.2) is 9.67 Å². The highest BCUT2D eigenvalue weighted by atomic mass is 79.9. The van der Waals surface area contributed by atoms with E-state index < -0.39 is 0 Å². The van der Waals surface area contributed by atoms with Crippen LogP contribution in [-0.2, 0) is 19.4 Å². The van der Waals surface area contributed by atoms with Crippen molar-refractivity contribution in [2.75, 3.05) is 0 Å². The van der Waals surface area contributed by atoms with E-state index in [1.807, 2.05) is 28.9 Å². The molecule has 1 aromatic heterocycles. The zero-order chi connectivity index (χ0) is 15.2. The van der Waals surface area contributed by atoms with Gasteiger partial charge in [0, 0.05) is 35.8 Å². The van der Waals surface area contributed by atoms with Gasteiger partial charge in [-0.3, -0.25) is 4.79 Å². The van der Waals surface area contributed by atoms with E-state index in [-0.39, 0.29) is 5.78 Å². The van der Waals surface area contributed by atoms with Crippen molar-refractivity contribution in [1.29, 1.82) is 0 Å². The number of benzene rings is 1. The number of carbonyl (C=O) groups is 1. The lowest BCUT2D eigenvalue weighted by Gasteiger charge is -2.04. The first-order chi connectivity index (χ1) is 10.1. The highest BCUT2D eigenvalue weighted by Crippen LogP contribution is 2.13. The van der Waals surface area contributed by atoms with Crippen molar-refractivity contribution in [1.82, 2.24) is 14.8 Å². The van der Waals surface area contributed by atoms with Gasteiger partial charge in [0.15, 0.2) is 11.6 Å². The molecule has 0 saturated heterocycles. The van der Waals surface area contributed by atoms with Crippen LogP contribution in [0.15, 0.2) is 28.7 Å². The number of rotatable bonds is 7. The van der Waals surface area contributed by atoms with Gasteiger partial charge in [0.05, 0.1) is 0 Å². The second kappa shape index (κ2) is 7.50. The number of hydrogen-bond acceptors (Lipinski definition) is 3. The average Bonchev–Trinajstić information content (AvgIpc) is 2.90. The van der Waals surface area contributed by atoms with Crippen LogP contribution < -0.4 is 0 Å². The minimum Gasteiger partial charge on any atom is -0.294 e. The normalized spacial score (nSPS) is 10.8. The van der Waals surface area contributed by atoms with Gasteiger partial charge in [0.25, 0.3) is 0 Å². The molecule has 2 rings (SSSR count). The van der Waals surface area contributed by atoms with Gasteiger partial charge >= 0.3 is 0 Å². The fourth-order valence-corrected chi connectivity index (χ4v) is 2.45. The molecule has 112 valence electrons. The molecule has 0 radical (unpaired) electrons. The summed E-state index contributed by atoms with van der Waals surface area (Å²) in [7, 11) is 0. The smallest absolute Gasteiger partial charge is 0.162 e. The molecule has 0 aliphatic carbocycles. The lowest BCUT2D eigenvalue weighted by atomic mass is 10.1. The van der Waals surface area contributed by atoms with Gasteiger partial charge in [0.1, 0.15) is 5.82 Å². The molecule has 0 aliphatic heterocycles. The van der Waals surface area contributed by atoms with Gasteiger partial charge in [-0.15, -0.1) is 0 Å². The van der Waals surface area contributed by atoms with Gasteiger partial charge < -0.3 is 0 Å². The predicted octanol–water partition coefficient (Wildman–Crippen LogP) is 3.83. The molecule has 0 fully saturated rings. The Morgan fingerprint density at radius 2 is 1.90 bits per heavy atom. The molecular weight excluding hydrogens is 330 g/mol. The summed E-state index contributed by atoms with van der Waals surface area (Å²) in [4.78, 5) is 16.6. The van der Waals surface area contributed by atoms with Crippen molar-refractivity contribution in [2.45, 2.75) is 46.1 Å². The maximum absolute atomic E-state index is 12.1. The van der Waals surface area contributed by atoms with Crippen molar-refractivity contribution in [3.63, 3.8) is 0 Å². The number of carbonyl (C=O) groups excluding carboxylic acids is 1. The molecule has 0 atom stereocenters. The Balaban J connectivity index is 1.90. The zero-order valence-corrected chi connectivity index (χ0v) is 14.1. The van der Waals surface area contributed by atoms with Crippen molar-refractivity contribution in [2.24, 2.45) is 0 Å². The highest BCUT2D eigenvalue weighted by Gasteiger charge is 2.09. The number of hydrogen-bond donors (Lipinski definition) is 0. The minimum absolute atomic E-state index is 0.177. The maximum atomic E-state index is 12.1. The Bertz CT molecular complexity index is 604. The minimum atomic E-state index is 0.177. The first kappa shape index (κ1) is 15.9. The molecule has 0 spiro atoms. The Hall–Kier alpha value is -1.49. The summed E-state index contributed by atoms with van der Waals surface area (Å²) >= 11 is 3.37. The van der Waals surface area contributed by atoms with Crippen LogP contribution in [0, 0.1) is 0 Å². The van der Waals surface area contributed by atoms with Crippen LogP contribution in [0.3, 0.4) is 0 Å². The summed E-state index contributed by atoms with van der Waals surface area (Å²) in [5.74, 6) is 2.06. The summed E-state index contributed by atoms with van der Waals surface area (Å²) in [6.45, 7) is 4.88. The predicted molar refractivity (Wildman–Crippen MR) is 86.5 cm³/mol. The van der Waals surface area contributed by atoms with Gasteiger partial charge in [-0.05, 0) is 18.6 Å². The Labute approximate surface area is 133 Å². The SMILES string of the molecule is CCc1nc(CC)n(CCCC(=O)c2ccc(Br)cc2)n1. The maximum Gasteiger partial charge on any atom is 0.162 e. The van der Waals surface area contributed by atoms with Crippen LogP contribution in [-0.4, -0.2) is 20.5 Å². The number of nitrogens with zero attached hydrogens (tertiary/aromatic N) is 3. The van der Waals surface area contributed by atoms with Crippen LogP contribution in [0.1, 0.15) is 48.7 Å². The van der Waals surface area contributed by atoms with Gasteiger partial charge in [-0.1, -0.05) is 41.9 Å². The number of aromatic nitrogens is 3. The second-order valence-electron chi connectivity index (χ2n) is 4.91. The molecule has 0 bridgehead atoms. The molecule has 0 amide bonds. The van der Waals surface area contributed by atoms with Crippen molar-refractivity contribution in [3.8, 4) is 0 Å². The number of ketones is 1. The van der Waals surface area contributed by atoms with E-state index in [4.69, 9.17) is 0 Å². The molecule has 4 nitrogen and oxygen atoms in total.